The van der Waals surface area contributed by atoms with E-state index in [1.54, 1.807) is 19.1 Å². The molecule has 0 bridgehead atoms. The highest BCUT2D eigenvalue weighted by Gasteiger charge is 2.50. The van der Waals surface area contributed by atoms with Crippen LogP contribution in [0.4, 0.5) is 10.5 Å². The smallest absolute Gasteiger partial charge is 0.324 e. The summed E-state index contributed by atoms with van der Waals surface area (Å²) < 4.78 is 0. The molecule has 2 aromatic carbocycles. The maximum absolute atomic E-state index is 13.0. The molecule has 1 unspecified atom stereocenters. The average molecular weight is 420 g/mol. The van der Waals surface area contributed by atoms with Crippen molar-refractivity contribution in [2.75, 3.05) is 11.9 Å². The van der Waals surface area contributed by atoms with Crippen LogP contribution in [-0.2, 0) is 15.1 Å². The van der Waals surface area contributed by atoms with Crippen LogP contribution >= 0.6 is 23.2 Å². The first-order valence-corrected chi connectivity index (χ1v) is 9.35. The number of para-hydroxylation sites is 1. The molecule has 2 N–H and O–H groups in total. The summed E-state index contributed by atoms with van der Waals surface area (Å²) in [7, 11) is 0. The van der Waals surface area contributed by atoms with Gasteiger partial charge in [0, 0.05) is 21.3 Å². The van der Waals surface area contributed by atoms with Gasteiger partial charge in [0.1, 0.15) is 12.1 Å². The third kappa shape index (κ3) is 3.57. The van der Waals surface area contributed by atoms with Crippen molar-refractivity contribution in [2.45, 2.75) is 26.3 Å². The molecule has 4 amide bonds. The van der Waals surface area contributed by atoms with Crippen molar-refractivity contribution < 1.29 is 14.4 Å². The lowest BCUT2D eigenvalue weighted by atomic mass is 9.92. The Morgan fingerprint density at radius 2 is 1.79 bits per heavy atom. The number of halogens is 2. The quantitative estimate of drug-likeness (QED) is 0.734. The van der Waals surface area contributed by atoms with E-state index in [1.807, 2.05) is 32.0 Å². The van der Waals surface area contributed by atoms with Gasteiger partial charge >= 0.3 is 6.03 Å². The lowest BCUT2D eigenvalue weighted by Gasteiger charge is -2.23. The molecule has 1 heterocycles. The summed E-state index contributed by atoms with van der Waals surface area (Å²) in [6.07, 6.45) is 0. The average Bonchev–Trinajstić information content (AvgIpc) is 2.82. The molecule has 0 aromatic heterocycles. The maximum Gasteiger partial charge on any atom is 0.325 e. The Balaban J connectivity index is 1.81. The summed E-state index contributed by atoms with van der Waals surface area (Å²) in [6.45, 7) is 4.89. The van der Waals surface area contributed by atoms with Crippen molar-refractivity contribution in [1.29, 1.82) is 0 Å². The molecular formula is C20H19Cl2N3O3. The molecule has 0 radical (unpaired) electrons. The van der Waals surface area contributed by atoms with E-state index in [0.29, 0.717) is 16.3 Å². The van der Waals surface area contributed by atoms with Crippen molar-refractivity contribution in [3.8, 4) is 0 Å². The Morgan fingerprint density at radius 3 is 2.39 bits per heavy atom. The van der Waals surface area contributed by atoms with E-state index in [2.05, 4.69) is 10.6 Å². The van der Waals surface area contributed by atoms with Crippen molar-refractivity contribution in [2.24, 2.45) is 0 Å². The number of hydrogen-bond acceptors (Lipinski definition) is 3. The molecule has 2 aromatic rings. The van der Waals surface area contributed by atoms with Gasteiger partial charge in [0.2, 0.25) is 5.91 Å². The molecule has 0 saturated carbocycles. The summed E-state index contributed by atoms with van der Waals surface area (Å²) in [6, 6.07) is 9.65. The van der Waals surface area contributed by atoms with Gasteiger partial charge in [-0.25, -0.2) is 4.79 Å². The molecule has 28 heavy (non-hydrogen) atoms. The fourth-order valence-electron chi connectivity index (χ4n) is 3.25. The number of amides is 4. The molecule has 0 aliphatic carbocycles. The molecule has 1 aliphatic heterocycles. The number of anilines is 1. The summed E-state index contributed by atoms with van der Waals surface area (Å²) in [5.41, 5.74) is 1.49. The van der Waals surface area contributed by atoms with Crippen LogP contribution in [0, 0.1) is 13.8 Å². The molecule has 146 valence electrons. The standard InChI is InChI=1S/C20H19Cl2N3O3/c1-11-5-4-6-12(2)17(11)23-16(26)10-25-18(27)20(3,24-19(25)28)14-8-7-13(21)9-15(14)22/h4-9H,10H2,1-3H3,(H,23,26)(H,24,28). The second kappa shape index (κ2) is 7.45. The molecular weight excluding hydrogens is 401 g/mol. The number of carbonyl (C=O) groups is 3. The summed E-state index contributed by atoms with van der Waals surface area (Å²) in [5.74, 6) is -1.02. The first kappa shape index (κ1) is 20.2. The number of hydrogen-bond donors (Lipinski definition) is 2. The summed E-state index contributed by atoms with van der Waals surface area (Å²) >= 11 is 12.1. The summed E-state index contributed by atoms with van der Waals surface area (Å²) in [5, 5.41) is 6.08. The number of carbonyl (C=O) groups excluding carboxylic acids is 3. The number of benzene rings is 2. The minimum Gasteiger partial charge on any atom is -0.324 e. The highest BCUT2D eigenvalue weighted by atomic mass is 35.5. The maximum atomic E-state index is 13.0. The Kier molecular flexibility index (Phi) is 5.37. The monoisotopic (exact) mass is 419 g/mol. The minimum atomic E-state index is -1.38. The van der Waals surface area contributed by atoms with E-state index in [4.69, 9.17) is 23.2 Å². The normalized spacial score (nSPS) is 19.0. The highest BCUT2D eigenvalue weighted by Crippen LogP contribution is 2.35. The number of urea groups is 1. The molecule has 1 saturated heterocycles. The molecule has 1 aliphatic rings. The Labute approximate surface area is 172 Å². The van der Waals surface area contributed by atoms with E-state index in [1.165, 1.54) is 6.07 Å². The van der Waals surface area contributed by atoms with E-state index in [9.17, 15) is 14.4 Å². The van der Waals surface area contributed by atoms with Gasteiger partial charge in [-0.1, -0.05) is 47.5 Å². The highest BCUT2D eigenvalue weighted by molar-refractivity contribution is 6.35. The van der Waals surface area contributed by atoms with Crippen LogP contribution in [0.25, 0.3) is 0 Å². The molecule has 6 nitrogen and oxygen atoms in total. The van der Waals surface area contributed by atoms with Gasteiger partial charge < -0.3 is 10.6 Å². The van der Waals surface area contributed by atoms with Crippen molar-refractivity contribution >= 4 is 46.7 Å². The zero-order chi connectivity index (χ0) is 20.6. The predicted molar refractivity (Wildman–Crippen MR) is 109 cm³/mol. The first-order chi connectivity index (χ1) is 13.1. The second-order valence-corrected chi connectivity index (χ2v) is 7.73. The molecule has 0 spiro atoms. The molecule has 8 heteroatoms. The van der Waals surface area contributed by atoms with Crippen LogP contribution < -0.4 is 10.6 Å². The van der Waals surface area contributed by atoms with Crippen LogP contribution in [0.3, 0.4) is 0 Å². The van der Waals surface area contributed by atoms with Gasteiger partial charge in [-0.15, -0.1) is 0 Å². The SMILES string of the molecule is Cc1cccc(C)c1NC(=O)CN1C(=O)NC(C)(c2ccc(Cl)cc2Cl)C1=O. The van der Waals surface area contributed by atoms with E-state index < -0.39 is 29.9 Å². The van der Waals surface area contributed by atoms with Gasteiger partial charge in [-0.05, 0) is 44.0 Å². The van der Waals surface area contributed by atoms with E-state index in [0.717, 1.165) is 16.0 Å². The lowest BCUT2D eigenvalue weighted by Crippen LogP contribution is -2.42. The van der Waals surface area contributed by atoms with Crippen molar-refractivity contribution in [3.05, 3.63) is 63.1 Å². The van der Waals surface area contributed by atoms with Gasteiger partial charge in [0.05, 0.1) is 0 Å². The lowest BCUT2D eigenvalue weighted by molar-refractivity contribution is -0.133. The number of rotatable bonds is 4. The Morgan fingerprint density at radius 1 is 1.14 bits per heavy atom. The van der Waals surface area contributed by atoms with Gasteiger partial charge in [0.25, 0.3) is 5.91 Å². The zero-order valence-electron chi connectivity index (χ0n) is 15.6. The van der Waals surface area contributed by atoms with Gasteiger partial charge in [-0.2, -0.15) is 0 Å². The molecule has 1 fully saturated rings. The number of nitrogens with one attached hydrogen (secondary N) is 2. The van der Waals surface area contributed by atoms with Gasteiger partial charge in [0.15, 0.2) is 0 Å². The van der Waals surface area contributed by atoms with Crippen LogP contribution in [0.2, 0.25) is 10.0 Å². The van der Waals surface area contributed by atoms with E-state index in [-0.39, 0.29) is 5.02 Å². The number of imide groups is 1. The molecule has 3 rings (SSSR count). The number of aryl methyl sites for hydroxylation is 2. The second-order valence-electron chi connectivity index (χ2n) is 6.89. The minimum absolute atomic E-state index is 0.255. The van der Waals surface area contributed by atoms with Crippen LogP contribution in [0.15, 0.2) is 36.4 Å². The Hall–Kier alpha value is -2.57. The third-order valence-electron chi connectivity index (χ3n) is 4.79. The van der Waals surface area contributed by atoms with Crippen molar-refractivity contribution in [3.63, 3.8) is 0 Å². The Bertz CT molecular complexity index is 972. The first-order valence-electron chi connectivity index (χ1n) is 8.59. The fraction of sp³-hybridized carbons (Fsp3) is 0.250. The molecule has 1 atom stereocenters. The largest absolute Gasteiger partial charge is 0.325 e. The van der Waals surface area contributed by atoms with Gasteiger partial charge in [-0.3, -0.25) is 14.5 Å². The van der Waals surface area contributed by atoms with Crippen LogP contribution in [-0.4, -0.2) is 29.3 Å². The topological polar surface area (TPSA) is 78.5 Å². The summed E-state index contributed by atoms with van der Waals surface area (Å²) in [4.78, 5) is 38.8. The predicted octanol–water partition coefficient (Wildman–Crippen LogP) is 4.02. The fourth-order valence-corrected chi connectivity index (χ4v) is 3.85. The zero-order valence-corrected chi connectivity index (χ0v) is 17.1. The number of nitrogens with zero attached hydrogens (tertiary/aromatic N) is 1. The third-order valence-corrected chi connectivity index (χ3v) is 5.34. The van der Waals surface area contributed by atoms with Crippen molar-refractivity contribution in [1.82, 2.24) is 10.2 Å². The van der Waals surface area contributed by atoms with E-state index >= 15 is 0 Å². The van der Waals surface area contributed by atoms with Crippen LogP contribution in [0.1, 0.15) is 23.6 Å². The van der Waals surface area contributed by atoms with Crippen LogP contribution in [0.5, 0.6) is 0 Å².